The molecule has 0 fully saturated rings. The number of Topliss-reactive ketones (excluding diaryl/α,β-unsaturated/α-hetero) is 1. The van der Waals surface area contributed by atoms with E-state index >= 15 is 0 Å². The Kier molecular flexibility index (Phi) is 7.78. The largest absolute Gasteiger partial charge is 0.396 e. The van der Waals surface area contributed by atoms with E-state index in [-0.39, 0.29) is 18.4 Å². The third kappa shape index (κ3) is 6.02. The van der Waals surface area contributed by atoms with Crippen LogP contribution in [-0.4, -0.2) is 28.7 Å². The number of allylic oxidation sites excluding steroid dienone is 2. The van der Waals surface area contributed by atoms with Gasteiger partial charge in [-0.15, -0.1) is 0 Å². The summed E-state index contributed by atoms with van der Waals surface area (Å²) < 4.78 is 0. The number of carbonyl (C=O) groups excluding carboxylic acids is 1. The SMILES string of the molecule is C/C1=C/[C@@H](C)[C@H](O)[C@@H](CO)/C=C/CCCCC(=O)CC1. The summed E-state index contributed by atoms with van der Waals surface area (Å²) in [6, 6.07) is 0. The lowest BCUT2D eigenvalue weighted by molar-refractivity contribution is -0.119. The summed E-state index contributed by atoms with van der Waals surface area (Å²) in [5.41, 5.74) is 1.14. The average molecular weight is 280 g/mol. The molecule has 0 saturated heterocycles. The minimum absolute atomic E-state index is 0.0187. The molecule has 3 heteroatoms. The molecule has 0 bridgehead atoms. The number of hydrogen-bond acceptors (Lipinski definition) is 3. The van der Waals surface area contributed by atoms with Crippen molar-refractivity contribution >= 4 is 5.78 Å². The third-order valence-electron chi connectivity index (χ3n) is 3.99. The number of carbonyl (C=O) groups is 1. The number of aliphatic hydroxyl groups excluding tert-OH is 2. The van der Waals surface area contributed by atoms with Crippen molar-refractivity contribution in [1.82, 2.24) is 0 Å². The van der Waals surface area contributed by atoms with Crippen molar-refractivity contribution in [3.8, 4) is 0 Å². The van der Waals surface area contributed by atoms with Gasteiger partial charge in [0.1, 0.15) is 5.78 Å². The number of hydrogen-bond donors (Lipinski definition) is 2. The van der Waals surface area contributed by atoms with Crippen LogP contribution in [0.4, 0.5) is 0 Å². The summed E-state index contributed by atoms with van der Waals surface area (Å²) in [7, 11) is 0. The first-order chi connectivity index (χ1) is 9.54. The summed E-state index contributed by atoms with van der Waals surface area (Å²) in [4.78, 5) is 11.7. The molecule has 3 atom stereocenters. The summed E-state index contributed by atoms with van der Waals surface area (Å²) in [5, 5.41) is 19.7. The molecule has 0 spiro atoms. The molecule has 0 aliphatic heterocycles. The van der Waals surface area contributed by atoms with Crippen LogP contribution in [0.25, 0.3) is 0 Å². The van der Waals surface area contributed by atoms with E-state index < -0.39 is 6.10 Å². The van der Waals surface area contributed by atoms with Gasteiger partial charge >= 0.3 is 0 Å². The van der Waals surface area contributed by atoms with E-state index in [1.807, 2.05) is 32.1 Å². The molecule has 0 aromatic heterocycles. The fourth-order valence-corrected chi connectivity index (χ4v) is 2.62. The maximum atomic E-state index is 11.7. The van der Waals surface area contributed by atoms with Crippen LogP contribution in [0.15, 0.2) is 23.8 Å². The smallest absolute Gasteiger partial charge is 0.133 e. The van der Waals surface area contributed by atoms with E-state index in [2.05, 4.69) is 0 Å². The second kappa shape index (κ2) is 9.09. The quantitative estimate of drug-likeness (QED) is 0.726. The Morgan fingerprint density at radius 1 is 1.25 bits per heavy atom. The second-order valence-corrected chi connectivity index (χ2v) is 5.92. The Morgan fingerprint density at radius 2 is 2.00 bits per heavy atom. The highest BCUT2D eigenvalue weighted by Crippen LogP contribution is 2.20. The van der Waals surface area contributed by atoms with Crippen LogP contribution in [-0.2, 0) is 4.79 Å². The fraction of sp³-hybridized carbons (Fsp3) is 0.706. The molecule has 0 aromatic carbocycles. The van der Waals surface area contributed by atoms with E-state index in [0.717, 1.165) is 31.3 Å². The van der Waals surface area contributed by atoms with Gasteiger partial charge in [0.15, 0.2) is 0 Å². The topological polar surface area (TPSA) is 57.5 Å². The van der Waals surface area contributed by atoms with Gasteiger partial charge in [0.25, 0.3) is 0 Å². The standard InChI is InChI=1S/C17H28O3/c1-13-9-10-16(19)8-6-4-3-5-7-15(12-18)17(20)14(2)11-13/h5,7,11,14-15,17-18,20H,3-4,6,8-10,12H2,1-2H3/b7-5+,13-11-/t14-,15-,17+/m1/s1. The first-order valence-electron chi connectivity index (χ1n) is 7.69. The lowest BCUT2D eigenvalue weighted by Crippen LogP contribution is -2.28. The molecule has 1 aliphatic carbocycles. The Hall–Kier alpha value is -0.930. The van der Waals surface area contributed by atoms with Crippen molar-refractivity contribution in [2.75, 3.05) is 6.61 Å². The van der Waals surface area contributed by atoms with Gasteiger partial charge in [-0.1, -0.05) is 30.7 Å². The fourth-order valence-electron chi connectivity index (χ4n) is 2.62. The Morgan fingerprint density at radius 3 is 2.70 bits per heavy atom. The predicted octanol–water partition coefficient (Wildman–Crippen LogP) is 3.02. The molecule has 0 heterocycles. The normalized spacial score (nSPS) is 34.9. The van der Waals surface area contributed by atoms with Crippen molar-refractivity contribution in [3.05, 3.63) is 23.8 Å². The lowest BCUT2D eigenvalue weighted by atomic mass is 9.89. The highest BCUT2D eigenvalue weighted by molar-refractivity contribution is 5.78. The van der Waals surface area contributed by atoms with Crippen LogP contribution >= 0.6 is 0 Å². The molecule has 3 nitrogen and oxygen atoms in total. The van der Waals surface area contributed by atoms with Crippen molar-refractivity contribution < 1.29 is 15.0 Å². The highest BCUT2D eigenvalue weighted by atomic mass is 16.3. The molecular formula is C17H28O3. The van der Waals surface area contributed by atoms with E-state index in [9.17, 15) is 15.0 Å². The first-order valence-corrected chi connectivity index (χ1v) is 7.69. The van der Waals surface area contributed by atoms with Gasteiger partial charge in [-0.3, -0.25) is 4.79 Å². The zero-order chi connectivity index (χ0) is 15.0. The van der Waals surface area contributed by atoms with Crippen LogP contribution in [0.3, 0.4) is 0 Å². The molecule has 114 valence electrons. The number of ketones is 1. The van der Waals surface area contributed by atoms with Crippen LogP contribution in [0.1, 0.15) is 52.4 Å². The zero-order valence-electron chi connectivity index (χ0n) is 12.7. The lowest BCUT2D eigenvalue weighted by Gasteiger charge is -2.23. The molecule has 0 radical (unpaired) electrons. The van der Waals surface area contributed by atoms with Gasteiger partial charge in [0.05, 0.1) is 12.7 Å². The highest BCUT2D eigenvalue weighted by Gasteiger charge is 2.21. The summed E-state index contributed by atoms with van der Waals surface area (Å²) in [6.07, 6.45) is 10.2. The third-order valence-corrected chi connectivity index (χ3v) is 3.99. The van der Waals surface area contributed by atoms with E-state index in [1.165, 1.54) is 0 Å². The molecule has 1 rings (SSSR count). The van der Waals surface area contributed by atoms with Gasteiger partial charge in [0.2, 0.25) is 0 Å². The van der Waals surface area contributed by atoms with Crippen molar-refractivity contribution in [2.45, 2.75) is 58.5 Å². The molecule has 0 unspecified atom stereocenters. The Balaban J connectivity index is 2.78. The number of rotatable bonds is 1. The van der Waals surface area contributed by atoms with Crippen LogP contribution < -0.4 is 0 Å². The Bertz CT molecular complexity index is 357. The van der Waals surface area contributed by atoms with Gasteiger partial charge in [-0.25, -0.2) is 0 Å². The van der Waals surface area contributed by atoms with Gasteiger partial charge < -0.3 is 10.2 Å². The summed E-state index contributed by atoms with van der Waals surface area (Å²) in [5.74, 6) is 0.105. The van der Waals surface area contributed by atoms with Crippen molar-refractivity contribution in [3.63, 3.8) is 0 Å². The molecule has 0 aromatic rings. The van der Waals surface area contributed by atoms with Crippen LogP contribution in [0, 0.1) is 11.8 Å². The molecule has 0 saturated carbocycles. The Labute approximate surface area is 122 Å². The van der Waals surface area contributed by atoms with Crippen LogP contribution in [0.2, 0.25) is 0 Å². The summed E-state index contributed by atoms with van der Waals surface area (Å²) in [6.45, 7) is 3.93. The average Bonchev–Trinajstić information content (AvgIpc) is 2.43. The van der Waals surface area contributed by atoms with Gasteiger partial charge in [0, 0.05) is 24.7 Å². The monoisotopic (exact) mass is 280 g/mol. The summed E-state index contributed by atoms with van der Waals surface area (Å²) >= 11 is 0. The minimum atomic E-state index is -0.579. The van der Waals surface area contributed by atoms with E-state index in [4.69, 9.17) is 0 Å². The minimum Gasteiger partial charge on any atom is -0.396 e. The van der Waals surface area contributed by atoms with Crippen LogP contribution in [0.5, 0.6) is 0 Å². The molecule has 0 amide bonds. The van der Waals surface area contributed by atoms with Gasteiger partial charge in [-0.05, 0) is 32.6 Å². The molecule has 1 aliphatic rings. The van der Waals surface area contributed by atoms with Crippen molar-refractivity contribution in [1.29, 1.82) is 0 Å². The van der Waals surface area contributed by atoms with Gasteiger partial charge in [-0.2, -0.15) is 0 Å². The van der Waals surface area contributed by atoms with E-state index in [0.29, 0.717) is 18.6 Å². The zero-order valence-corrected chi connectivity index (χ0v) is 12.7. The predicted molar refractivity (Wildman–Crippen MR) is 81.4 cm³/mol. The number of aliphatic hydroxyl groups is 2. The second-order valence-electron chi connectivity index (χ2n) is 5.92. The van der Waals surface area contributed by atoms with E-state index in [1.54, 1.807) is 0 Å². The maximum Gasteiger partial charge on any atom is 0.133 e. The molecular weight excluding hydrogens is 252 g/mol. The molecule has 2 N–H and O–H groups in total. The first kappa shape index (κ1) is 17.1. The van der Waals surface area contributed by atoms with Crippen molar-refractivity contribution in [2.24, 2.45) is 11.8 Å². The molecule has 20 heavy (non-hydrogen) atoms. The maximum absolute atomic E-state index is 11.7.